The summed E-state index contributed by atoms with van der Waals surface area (Å²) in [5.41, 5.74) is 0.666. The fraction of sp³-hybridized carbons (Fsp3) is 0.500. The molecule has 0 aromatic heterocycles. The van der Waals surface area contributed by atoms with Crippen LogP contribution in [-0.2, 0) is 0 Å². The highest BCUT2D eigenvalue weighted by Gasteiger charge is 2.25. The zero-order chi connectivity index (χ0) is 13.9. The zero-order valence-corrected chi connectivity index (χ0v) is 13.6. The average molecular weight is 284 g/mol. The highest BCUT2D eigenvalue weighted by Crippen LogP contribution is 2.17. The molecule has 0 spiro atoms. The van der Waals surface area contributed by atoms with E-state index in [0.717, 1.165) is 5.19 Å². The number of carbonyl (C=O) groups excluding carboxylic acids is 1. The van der Waals surface area contributed by atoms with Crippen molar-refractivity contribution in [3.63, 3.8) is 0 Å². The molecule has 0 fully saturated rings. The number of nitrogens with one attached hydrogen (secondary N) is 1. The summed E-state index contributed by atoms with van der Waals surface area (Å²) in [7, 11) is -1.57. The van der Waals surface area contributed by atoms with E-state index in [1.54, 1.807) is 6.07 Å². The first-order chi connectivity index (χ1) is 8.23. The third kappa shape index (κ3) is 3.85. The van der Waals surface area contributed by atoms with Crippen LogP contribution in [0.25, 0.3) is 0 Å². The molecule has 0 aliphatic carbocycles. The number of halogens is 1. The van der Waals surface area contributed by atoms with Gasteiger partial charge in [-0.05, 0) is 17.2 Å². The van der Waals surface area contributed by atoms with Crippen LogP contribution in [0.4, 0.5) is 0 Å². The van der Waals surface area contributed by atoms with Crippen LogP contribution in [0.3, 0.4) is 0 Å². The molecule has 18 heavy (non-hydrogen) atoms. The summed E-state index contributed by atoms with van der Waals surface area (Å²) >= 11 is 6.21. The minimum atomic E-state index is -1.57. The van der Waals surface area contributed by atoms with E-state index in [0.29, 0.717) is 23.0 Å². The smallest absolute Gasteiger partial charge is 0.252 e. The Labute approximate surface area is 116 Å². The van der Waals surface area contributed by atoms with Crippen molar-refractivity contribution in [3.8, 4) is 0 Å². The molecule has 100 valence electrons. The van der Waals surface area contributed by atoms with Gasteiger partial charge in [0, 0.05) is 6.54 Å². The second kappa shape index (κ2) is 5.89. The Bertz CT molecular complexity index is 438. The third-order valence-corrected chi connectivity index (χ3v) is 5.07. The highest BCUT2D eigenvalue weighted by molar-refractivity contribution is 6.89. The van der Waals surface area contributed by atoms with Gasteiger partial charge in [-0.3, -0.25) is 4.79 Å². The van der Waals surface area contributed by atoms with Gasteiger partial charge in [-0.25, -0.2) is 0 Å². The maximum Gasteiger partial charge on any atom is 0.252 e. The fourth-order valence-corrected chi connectivity index (χ4v) is 3.70. The van der Waals surface area contributed by atoms with Crippen molar-refractivity contribution in [3.05, 3.63) is 28.8 Å². The average Bonchev–Trinajstić information content (AvgIpc) is 2.24. The predicted molar refractivity (Wildman–Crippen MR) is 81.6 cm³/mol. The lowest BCUT2D eigenvalue weighted by Crippen LogP contribution is -2.44. The van der Waals surface area contributed by atoms with Crippen LogP contribution in [0.1, 0.15) is 24.2 Å². The summed E-state index contributed by atoms with van der Waals surface area (Å²) < 4.78 is 0. The monoisotopic (exact) mass is 283 g/mol. The van der Waals surface area contributed by atoms with E-state index in [1.807, 2.05) is 12.1 Å². The van der Waals surface area contributed by atoms with Crippen molar-refractivity contribution in [2.45, 2.75) is 33.5 Å². The minimum Gasteiger partial charge on any atom is -0.352 e. The molecule has 2 nitrogen and oxygen atoms in total. The van der Waals surface area contributed by atoms with Gasteiger partial charge < -0.3 is 5.32 Å². The summed E-state index contributed by atoms with van der Waals surface area (Å²) in [4.78, 5) is 12.3. The molecule has 0 bridgehead atoms. The van der Waals surface area contributed by atoms with Crippen LogP contribution in [0.5, 0.6) is 0 Å². The molecule has 0 saturated carbocycles. The Balaban J connectivity index is 3.10. The van der Waals surface area contributed by atoms with Crippen LogP contribution in [-0.4, -0.2) is 20.5 Å². The van der Waals surface area contributed by atoms with E-state index in [2.05, 4.69) is 38.8 Å². The molecular formula is C14H22ClNOSi. The number of rotatable bonds is 4. The molecule has 1 aromatic carbocycles. The summed E-state index contributed by atoms with van der Waals surface area (Å²) in [6.45, 7) is 11.5. The van der Waals surface area contributed by atoms with E-state index >= 15 is 0 Å². The Kier molecular flexibility index (Phi) is 4.99. The molecule has 0 atom stereocenters. The molecule has 1 aromatic rings. The Morgan fingerprint density at radius 1 is 1.33 bits per heavy atom. The third-order valence-electron chi connectivity index (χ3n) is 2.72. The van der Waals surface area contributed by atoms with E-state index in [4.69, 9.17) is 11.6 Å². The summed E-state index contributed by atoms with van der Waals surface area (Å²) in [5.74, 6) is 0.387. The van der Waals surface area contributed by atoms with Crippen molar-refractivity contribution in [1.82, 2.24) is 5.32 Å². The van der Waals surface area contributed by atoms with Crippen LogP contribution >= 0.6 is 11.6 Å². The fourth-order valence-electron chi connectivity index (χ4n) is 1.77. The van der Waals surface area contributed by atoms with Crippen molar-refractivity contribution in [2.24, 2.45) is 5.92 Å². The highest BCUT2D eigenvalue weighted by atomic mass is 35.5. The molecule has 0 aliphatic heterocycles. The Morgan fingerprint density at radius 3 is 2.44 bits per heavy atom. The summed E-state index contributed by atoms with van der Waals surface area (Å²) in [6, 6.07) is 5.74. The minimum absolute atomic E-state index is 0.0493. The summed E-state index contributed by atoms with van der Waals surface area (Å²) in [6.07, 6.45) is 0. The number of hydrogen-bond donors (Lipinski definition) is 1. The van der Waals surface area contributed by atoms with Crippen molar-refractivity contribution >= 4 is 30.8 Å². The van der Waals surface area contributed by atoms with Gasteiger partial charge in [0.2, 0.25) is 0 Å². The van der Waals surface area contributed by atoms with E-state index in [9.17, 15) is 4.79 Å². The predicted octanol–water partition coefficient (Wildman–Crippen LogP) is 3.27. The van der Waals surface area contributed by atoms with Gasteiger partial charge in [0.1, 0.15) is 0 Å². The molecular weight excluding hydrogens is 262 g/mol. The van der Waals surface area contributed by atoms with Crippen LogP contribution < -0.4 is 10.5 Å². The first-order valence-electron chi connectivity index (χ1n) is 6.30. The van der Waals surface area contributed by atoms with E-state index < -0.39 is 8.07 Å². The van der Waals surface area contributed by atoms with Gasteiger partial charge in [0.05, 0.1) is 18.7 Å². The molecule has 1 rings (SSSR count). The van der Waals surface area contributed by atoms with Crippen LogP contribution in [0.15, 0.2) is 18.2 Å². The molecule has 4 heteroatoms. The lowest BCUT2D eigenvalue weighted by atomic mass is 10.2. The standard InChI is InChI=1S/C14H22ClNOSi/c1-10(2)9-16-14(17)13-11(15)7-6-8-12(13)18(3,4)5/h6-8,10H,9H2,1-5H3,(H,16,17). The quantitative estimate of drug-likeness (QED) is 0.845. The van der Waals surface area contributed by atoms with Gasteiger partial charge in [0.25, 0.3) is 5.91 Å². The van der Waals surface area contributed by atoms with Gasteiger partial charge in [-0.15, -0.1) is 0 Å². The van der Waals surface area contributed by atoms with Gasteiger partial charge in [-0.1, -0.05) is 57.2 Å². The molecule has 1 N–H and O–H groups in total. The molecule has 0 aliphatic rings. The Hall–Kier alpha value is -0.803. The first kappa shape index (κ1) is 15.3. The van der Waals surface area contributed by atoms with Gasteiger partial charge in [-0.2, -0.15) is 0 Å². The number of carbonyl (C=O) groups is 1. The van der Waals surface area contributed by atoms with Crippen molar-refractivity contribution in [2.75, 3.05) is 6.54 Å². The van der Waals surface area contributed by atoms with E-state index in [1.165, 1.54) is 0 Å². The first-order valence-corrected chi connectivity index (χ1v) is 10.2. The SMILES string of the molecule is CC(C)CNC(=O)c1c(Cl)cccc1[Si](C)(C)C. The lowest BCUT2D eigenvalue weighted by molar-refractivity contribution is 0.0950. The number of amides is 1. The Morgan fingerprint density at radius 2 is 1.94 bits per heavy atom. The number of hydrogen-bond acceptors (Lipinski definition) is 1. The summed E-state index contributed by atoms with van der Waals surface area (Å²) in [5, 5.41) is 4.62. The maximum atomic E-state index is 12.3. The largest absolute Gasteiger partial charge is 0.352 e. The van der Waals surface area contributed by atoms with Gasteiger partial charge in [0.15, 0.2) is 0 Å². The van der Waals surface area contributed by atoms with Gasteiger partial charge >= 0.3 is 0 Å². The van der Waals surface area contributed by atoms with Crippen molar-refractivity contribution < 1.29 is 4.79 Å². The zero-order valence-electron chi connectivity index (χ0n) is 11.8. The van der Waals surface area contributed by atoms with Crippen LogP contribution in [0.2, 0.25) is 24.7 Å². The maximum absolute atomic E-state index is 12.3. The molecule has 0 radical (unpaired) electrons. The number of benzene rings is 1. The normalized spacial score (nSPS) is 11.7. The topological polar surface area (TPSA) is 29.1 Å². The lowest BCUT2D eigenvalue weighted by Gasteiger charge is -2.21. The second-order valence-corrected chi connectivity index (χ2v) is 11.5. The molecule has 0 heterocycles. The molecule has 1 amide bonds. The van der Waals surface area contributed by atoms with Crippen LogP contribution in [0, 0.1) is 5.92 Å². The van der Waals surface area contributed by atoms with Crippen molar-refractivity contribution in [1.29, 1.82) is 0 Å². The second-order valence-electron chi connectivity index (χ2n) is 6.02. The molecule has 0 saturated heterocycles. The van der Waals surface area contributed by atoms with E-state index in [-0.39, 0.29) is 5.91 Å². The molecule has 0 unspecified atom stereocenters.